The molecule has 0 atom stereocenters. The number of amides is 1. The number of benzene rings is 2. The van der Waals surface area contributed by atoms with Crippen LogP contribution in [0.4, 0.5) is 5.69 Å². The van der Waals surface area contributed by atoms with Crippen LogP contribution in [0.5, 0.6) is 5.75 Å². The quantitative estimate of drug-likeness (QED) is 0.770. The van der Waals surface area contributed by atoms with E-state index in [2.05, 4.69) is 17.9 Å². The first-order valence-corrected chi connectivity index (χ1v) is 9.78. The molecule has 0 N–H and O–H groups in total. The number of carbonyl (C=O) groups excluding carboxylic acids is 1. The van der Waals surface area contributed by atoms with Gasteiger partial charge in [0, 0.05) is 43.3 Å². The van der Waals surface area contributed by atoms with Crippen molar-refractivity contribution in [2.24, 2.45) is 0 Å². The first-order valence-electron chi connectivity index (χ1n) is 9.40. The molecule has 5 heteroatoms. The van der Waals surface area contributed by atoms with E-state index in [1.165, 1.54) is 16.8 Å². The van der Waals surface area contributed by atoms with E-state index in [-0.39, 0.29) is 5.91 Å². The molecule has 2 aromatic rings. The summed E-state index contributed by atoms with van der Waals surface area (Å²) in [5.74, 6) is 1.11. The summed E-state index contributed by atoms with van der Waals surface area (Å²) in [6, 6.07) is 12.1. The lowest BCUT2D eigenvalue weighted by molar-refractivity contribution is -0.131. The Morgan fingerprint density at radius 1 is 1.04 bits per heavy atom. The van der Waals surface area contributed by atoms with Crippen molar-refractivity contribution >= 4 is 23.2 Å². The van der Waals surface area contributed by atoms with Crippen LogP contribution < -0.4 is 9.64 Å². The Labute approximate surface area is 166 Å². The lowest BCUT2D eigenvalue weighted by Crippen LogP contribution is -2.49. The van der Waals surface area contributed by atoms with E-state index in [4.69, 9.17) is 16.3 Å². The molecule has 1 amide bonds. The van der Waals surface area contributed by atoms with Crippen LogP contribution in [0.25, 0.3) is 0 Å². The number of piperazine rings is 1. The second kappa shape index (κ2) is 8.66. The summed E-state index contributed by atoms with van der Waals surface area (Å²) in [5, 5.41) is 0.754. The fourth-order valence-corrected chi connectivity index (χ4v) is 3.79. The molecule has 0 radical (unpaired) electrons. The molecule has 0 aromatic heterocycles. The standard InChI is InChI=1S/C22H27ClN2O2/c1-16-4-7-19(23)15-20(16)24-10-12-25(13-11-24)22(26)9-6-18-5-8-21(27-3)17(2)14-18/h4-5,7-8,14-15H,6,9-13H2,1-3H3. The molecular formula is C22H27ClN2O2. The molecule has 27 heavy (non-hydrogen) atoms. The zero-order chi connectivity index (χ0) is 19.4. The second-order valence-electron chi connectivity index (χ2n) is 7.10. The zero-order valence-electron chi connectivity index (χ0n) is 16.3. The van der Waals surface area contributed by atoms with Gasteiger partial charge in [-0.15, -0.1) is 0 Å². The van der Waals surface area contributed by atoms with Gasteiger partial charge in [0.25, 0.3) is 0 Å². The van der Waals surface area contributed by atoms with Crippen molar-refractivity contribution in [3.05, 3.63) is 58.1 Å². The number of carbonyl (C=O) groups is 1. The largest absolute Gasteiger partial charge is 0.496 e. The number of hydrogen-bond donors (Lipinski definition) is 0. The molecule has 1 aliphatic rings. The van der Waals surface area contributed by atoms with Gasteiger partial charge in [-0.25, -0.2) is 0 Å². The average molecular weight is 387 g/mol. The molecule has 1 saturated heterocycles. The van der Waals surface area contributed by atoms with Crippen molar-refractivity contribution < 1.29 is 9.53 Å². The van der Waals surface area contributed by atoms with Crippen LogP contribution in [-0.4, -0.2) is 44.1 Å². The Morgan fingerprint density at radius 3 is 2.44 bits per heavy atom. The summed E-state index contributed by atoms with van der Waals surface area (Å²) >= 11 is 6.15. The van der Waals surface area contributed by atoms with E-state index in [1.54, 1.807) is 7.11 Å². The van der Waals surface area contributed by atoms with E-state index in [0.29, 0.717) is 6.42 Å². The normalized spacial score (nSPS) is 14.4. The van der Waals surface area contributed by atoms with Crippen LogP contribution in [0.3, 0.4) is 0 Å². The highest BCUT2D eigenvalue weighted by atomic mass is 35.5. The van der Waals surface area contributed by atoms with Crippen LogP contribution in [0.2, 0.25) is 5.02 Å². The SMILES string of the molecule is COc1ccc(CCC(=O)N2CCN(c3cc(Cl)ccc3C)CC2)cc1C. The molecule has 0 bridgehead atoms. The van der Waals surface area contributed by atoms with Gasteiger partial charge in [0.2, 0.25) is 5.91 Å². The number of nitrogens with zero attached hydrogens (tertiary/aromatic N) is 2. The second-order valence-corrected chi connectivity index (χ2v) is 7.54. The first kappa shape index (κ1) is 19.6. The number of aryl methyl sites for hydroxylation is 3. The highest BCUT2D eigenvalue weighted by Crippen LogP contribution is 2.25. The molecule has 0 spiro atoms. The Hall–Kier alpha value is -2.20. The lowest BCUT2D eigenvalue weighted by Gasteiger charge is -2.37. The number of halogens is 1. The topological polar surface area (TPSA) is 32.8 Å². The van der Waals surface area contributed by atoms with Gasteiger partial charge in [0.1, 0.15) is 5.75 Å². The molecule has 1 fully saturated rings. The molecule has 0 unspecified atom stereocenters. The maximum absolute atomic E-state index is 12.6. The summed E-state index contributed by atoms with van der Waals surface area (Å²) in [7, 11) is 1.68. The first-order chi connectivity index (χ1) is 13.0. The molecule has 2 aromatic carbocycles. The molecule has 0 saturated carbocycles. The fourth-order valence-electron chi connectivity index (χ4n) is 3.63. The lowest BCUT2D eigenvalue weighted by atomic mass is 10.1. The third-order valence-corrected chi connectivity index (χ3v) is 5.47. The highest BCUT2D eigenvalue weighted by molar-refractivity contribution is 6.30. The van der Waals surface area contributed by atoms with Crippen molar-refractivity contribution in [2.75, 3.05) is 38.2 Å². The molecule has 1 aliphatic heterocycles. The Bertz CT molecular complexity index is 814. The third-order valence-electron chi connectivity index (χ3n) is 5.23. The molecule has 1 heterocycles. The van der Waals surface area contributed by atoms with Gasteiger partial charge < -0.3 is 14.5 Å². The number of methoxy groups -OCH3 is 1. The minimum atomic E-state index is 0.228. The van der Waals surface area contributed by atoms with Crippen LogP contribution in [-0.2, 0) is 11.2 Å². The molecule has 0 aliphatic carbocycles. The summed E-state index contributed by atoms with van der Waals surface area (Å²) in [4.78, 5) is 16.9. The monoisotopic (exact) mass is 386 g/mol. The van der Waals surface area contributed by atoms with E-state index in [0.717, 1.165) is 48.9 Å². The molecule has 144 valence electrons. The van der Waals surface area contributed by atoms with Gasteiger partial charge in [0.15, 0.2) is 0 Å². The Morgan fingerprint density at radius 2 is 1.78 bits per heavy atom. The number of anilines is 1. The fraction of sp³-hybridized carbons (Fsp3) is 0.409. The summed E-state index contributed by atoms with van der Waals surface area (Å²) in [5.41, 5.74) is 4.67. The van der Waals surface area contributed by atoms with Crippen LogP contribution in [0.15, 0.2) is 36.4 Å². The predicted octanol–water partition coefficient (Wildman–Crippen LogP) is 4.25. The van der Waals surface area contributed by atoms with Gasteiger partial charge in [-0.2, -0.15) is 0 Å². The average Bonchev–Trinajstić information content (AvgIpc) is 2.68. The van der Waals surface area contributed by atoms with Crippen LogP contribution >= 0.6 is 11.6 Å². The van der Waals surface area contributed by atoms with Crippen molar-refractivity contribution in [3.63, 3.8) is 0 Å². The third kappa shape index (κ3) is 4.75. The van der Waals surface area contributed by atoms with Crippen molar-refractivity contribution in [3.8, 4) is 5.75 Å². The number of hydrogen-bond acceptors (Lipinski definition) is 3. The number of ether oxygens (including phenoxy) is 1. The Balaban J connectivity index is 1.52. The highest BCUT2D eigenvalue weighted by Gasteiger charge is 2.22. The van der Waals surface area contributed by atoms with Gasteiger partial charge in [-0.05, 0) is 55.2 Å². The molecule has 4 nitrogen and oxygen atoms in total. The van der Waals surface area contributed by atoms with Crippen molar-refractivity contribution in [2.45, 2.75) is 26.7 Å². The minimum absolute atomic E-state index is 0.228. The predicted molar refractivity (Wildman–Crippen MR) is 111 cm³/mol. The van der Waals surface area contributed by atoms with Crippen molar-refractivity contribution in [1.82, 2.24) is 4.90 Å². The maximum Gasteiger partial charge on any atom is 0.223 e. The maximum atomic E-state index is 12.6. The summed E-state index contributed by atoms with van der Waals surface area (Å²) < 4.78 is 5.29. The Kier molecular flexibility index (Phi) is 6.27. The smallest absolute Gasteiger partial charge is 0.223 e. The van der Waals surface area contributed by atoms with E-state index in [1.807, 2.05) is 42.2 Å². The van der Waals surface area contributed by atoms with Crippen LogP contribution in [0.1, 0.15) is 23.1 Å². The van der Waals surface area contributed by atoms with Crippen LogP contribution in [0, 0.1) is 13.8 Å². The molecular weight excluding hydrogens is 360 g/mol. The summed E-state index contributed by atoms with van der Waals surface area (Å²) in [6.45, 7) is 7.32. The van der Waals surface area contributed by atoms with E-state index >= 15 is 0 Å². The van der Waals surface area contributed by atoms with Crippen molar-refractivity contribution in [1.29, 1.82) is 0 Å². The van der Waals surface area contributed by atoms with Gasteiger partial charge >= 0.3 is 0 Å². The van der Waals surface area contributed by atoms with Gasteiger partial charge in [0.05, 0.1) is 7.11 Å². The zero-order valence-corrected chi connectivity index (χ0v) is 17.1. The van der Waals surface area contributed by atoms with E-state index < -0.39 is 0 Å². The molecule has 3 rings (SSSR count). The van der Waals surface area contributed by atoms with E-state index in [9.17, 15) is 4.79 Å². The number of rotatable bonds is 5. The minimum Gasteiger partial charge on any atom is -0.496 e. The van der Waals surface area contributed by atoms with Gasteiger partial charge in [-0.3, -0.25) is 4.79 Å². The van der Waals surface area contributed by atoms with Gasteiger partial charge in [-0.1, -0.05) is 29.8 Å². The summed E-state index contributed by atoms with van der Waals surface area (Å²) in [6.07, 6.45) is 1.30.